The molecule has 2 heterocycles. The maximum Gasteiger partial charge on any atom is 0.214 e. The molecule has 1 fully saturated rings. The van der Waals surface area contributed by atoms with E-state index in [-0.39, 0.29) is 0 Å². The maximum atomic E-state index is 5.59. The van der Waals surface area contributed by atoms with E-state index in [0.29, 0.717) is 11.8 Å². The molecule has 1 aliphatic heterocycles. The van der Waals surface area contributed by atoms with Crippen LogP contribution in [0, 0.1) is 5.92 Å². The lowest BCUT2D eigenvalue weighted by atomic mass is 10.1. The largest absolute Gasteiger partial charge is 0.477 e. The first-order valence-electron chi connectivity index (χ1n) is 4.80. The molecule has 1 atom stereocenters. The quantitative estimate of drug-likeness (QED) is 0.839. The summed E-state index contributed by atoms with van der Waals surface area (Å²) in [4.78, 5) is 4.21. The monoisotopic (exact) mass is 256 g/mol. The van der Waals surface area contributed by atoms with E-state index >= 15 is 0 Å². The van der Waals surface area contributed by atoms with Gasteiger partial charge in [0.25, 0.3) is 0 Å². The van der Waals surface area contributed by atoms with Crippen LogP contribution in [0.4, 0.5) is 0 Å². The van der Waals surface area contributed by atoms with Crippen LogP contribution >= 0.6 is 15.9 Å². The molecular formula is C10H13BrN2O. The molecule has 1 saturated heterocycles. The molecule has 1 aromatic heterocycles. The van der Waals surface area contributed by atoms with Crippen LogP contribution in [0.5, 0.6) is 5.88 Å². The summed E-state index contributed by atoms with van der Waals surface area (Å²) in [5, 5.41) is 3.31. The Hall–Kier alpha value is -0.610. The number of rotatable bonds is 3. The molecule has 0 spiro atoms. The van der Waals surface area contributed by atoms with Crippen LogP contribution in [0.25, 0.3) is 0 Å². The van der Waals surface area contributed by atoms with Gasteiger partial charge in [-0.25, -0.2) is 4.98 Å². The zero-order valence-corrected chi connectivity index (χ0v) is 9.46. The fourth-order valence-corrected chi connectivity index (χ4v) is 1.86. The highest BCUT2D eigenvalue weighted by molar-refractivity contribution is 9.10. The van der Waals surface area contributed by atoms with Gasteiger partial charge < -0.3 is 10.1 Å². The number of hydrogen-bond acceptors (Lipinski definition) is 3. The van der Waals surface area contributed by atoms with E-state index in [4.69, 9.17) is 4.74 Å². The fraction of sp³-hybridized carbons (Fsp3) is 0.500. The third-order valence-corrected chi connectivity index (χ3v) is 2.76. The minimum atomic E-state index is 0.635. The summed E-state index contributed by atoms with van der Waals surface area (Å²) in [7, 11) is 0. The first-order chi connectivity index (χ1) is 6.84. The zero-order chi connectivity index (χ0) is 9.80. The highest BCUT2D eigenvalue weighted by Gasteiger charge is 2.14. The van der Waals surface area contributed by atoms with Gasteiger partial charge in [0.05, 0.1) is 6.61 Å². The lowest BCUT2D eigenvalue weighted by Crippen LogP contribution is -2.15. The van der Waals surface area contributed by atoms with Crippen LogP contribution in [-0.4, -0.2) is 24.7 Å². The summed E-state index contributed by atoms with van der Waals surface area (Å²) in [6.45, 7) is 2.93. The number of halogens is 1. The molecule has 1 aliphatic rings. The Bertz CT molecular complexity index is 300. The third-order valence-electron chi connectivity index (χ3n) is 2.32. The molecule has 0 amide bonds. The van der Waals surface area contributed by atoms with Crippen LogP contribution in [0.15, 0.2) is 22.8 Å². The van der Waals surface area contributed by atoms with E-state index in [9.17, 15) is 0 Å². The Morgan fingerprint density at radius 2 is 2.50 bits per heavy atom. The number of hydrogen-bond donors (Lipinski definition) is 1. The van der Waals surface area contributed by atoms with Gasteiger partial charge in [0, 0.05) is 18.5 Å². The summed E-state index contributed by atoms with van der Waals surface area (Å²) >= 11 is 3.31. The van der Waals surface area contributed by atoms with Gasteiger partial charge in [0.2, 0.25) is 5.88 Å². The Balaban J connectivity index is 1.85. The summed E-state index contributed by atoms with van der Waals surface area (Å²) in [6.07, 6.45) is 1.20. The Morgan fingerprint density at radius 1 is 1.57 bits per heavy atom. The van der Waals surface area contributed by atoms with E-state index in [0.717, 1.165) is 24.3 Å². The van der Waals surface area contributed by atoms with Crippen LogP contribution in [0.1, 0.15) is 6.42 Å². The maximum absolute atomic E-state index is 5.59. The summed E-state index contributed by atoms with van der Waals surface area (Å²) in [6, 6.07) is 5.70. The average Bonchev–Trinajstić information content (AvgIpc) is 2.67. The topological polar surface area (TPSA) is 34.1 Å². The molecular weight excluding hydrogens is 244 g/mol. The fourth-order valence-electron chi connectivity index (χ4n) is 1.53. The minimum Gasteiger partial charge on any atom is -0.477 e. The second-order valence-electron chi connectivity index (χ2n) is 3.47. The molecule has 0 bridgehead atoms. The van der Waals surface area contributed by atoms with Gasteiger partial charge >= 0.3 is 0 Å². The van der Waals surface area contributed by atoms with Crippen molar-refractivity contribution in [1.82, 2.24) is 10.3 Å². The lowest BCUT2D eigenvalue weighted by Gasteiger charge is -2.09. The van der Waals surface area contributed by atoms with E-state index in [1.54, 1.807) is 0 Å². The smallest absolute Gasteiger partial charge is 0.214 e. The van der Waals surface area contributed by atoms with Crippen molar-refractivity contribution in [1.29, 1.82) is 0 Å². The van der Waals surface area contributed by atoms with Crippen molar-refractivity contribution in [3.63, 3.8) is 0 Å². The van der Waals surface area contributed by atoms with Crippen molar-refractivity contribution in [2.24, 2.45) is 5.92 Å². The molecule has 0 saturated carbocycles. The molecule has 0 radical (unpaired) electrons. The lowest BCUT2D eigenvalue weighted by molar-refractivity contribution is 0.250. The van der Waals surface area contributed by atoms with E-state index in [2.05, 4.69) is 26.2 Å². The van der Waals surface area contributed by atoms with Crippen LogP contribution < -0.4 is 10.1 Å². The number of pyridine rings is 1. The second kappa shape index (κ2) is 4.75. The van der Waals surface area contributed by atoms with Gasteiger partial charge in [-0.2, -0.15) is 0 Å². The first-order valence-corrected chi connectivity index (χ1v) is 5.60. The van der Waals surface area contributed by atoms with Crippen LogP contribution in [0.2, 0.25) is 0 Å². The van der Waals surface area contributed by atoms with Crippen molar-refractivity contribution in [2.75, 3.05) is 19.7 Å². The molecule has 0 unspecified atom stereocenters. The number of nitrogens with one attached hydrogen (secondary N) is 1. The van der Waals surface area contributed by atoms with Crippen molar-refractivity contribution in [3.05, 3.63) is 22.8 Å². The van der Waals surface area contributed by atoms with E-state index in [1.165, 1.54) is 6.42 Å². The third kappa shape index (κ3) is 2.69. The predicted molar refractivity (Wildman–Crippen MR) is 58.4 cm³/mol. The average molecular weight is 257 g/mol. The highest BCUT2D eigenvalue weighted by atomic mass is 79.9. The number of nitrogens with zero attached hydrogens (tertiary/aromatic N) is 1. The molecule has 14 heavy (non-hydrogen) atoms. The molecule has 3 nitrogen and oxygen atoms in total. The SMILES string of the molecule is Brc1cccc(OC[C@@H]2CCNC2)n1. The van der Waals surface area contributed by atoms with Crippen LogP contribution in [0.3, 0.4) is 0 Å². The summed E-state index contributed by atoms with van der Waals surface area (Å²) in [5.41, 5.74) is 0. The number of ether oxygens (including phenoxy) is 1. The standard InChI is InChI=1S/C10H13BrN2O/c11-9-2-1-3-10(13-9)14-7-8-4-5-12-6-8/h1-3,8,12H,4-7H2/t8-/m1/s1. The van der Waals surface area contributed by atoms with Gasteiger partial charge in [-0.1, -0.05) is 6.07 Å². The van der Waals surface area contributed by atoms with Crippen LogP contribution in [-0.2, 0) is 0 Å². The Morgan fingerprint density at radius 3 is 3.21 bits per heavy atom. The first kappa shape index (κ1) is 9.93. The van der Waals surface area contributed by atoms with Gasteiger partial charge in [0.15, 0.2) is 0 Å². The van der Waals surface area contributed by atoms with Gasteiger partial charge in [-0.05, 0) is 35.0 Å². The van der Waals surface area contributed by atoms with Crippen molar-refractivity contribution in [3.8, 4) is 5.88 Å². The van der Waals surface area contributed by atoms with Crippen molar-refractivity contribution >= 4 is 15.9 Å². The Labute approximate surface area is 92.0 Å². The molecule has 0 aliphatic carbocycles. The van der Waals surface area contributed by atoms with Gasteiger partial charge in [0.1, 0.15) is 4.60 Å². The molecule has 76 valence electrons. The highest BCUT2D eigenvalue weighted by Crippen LogP contribution is 2.14. The molecule has 4 heteroatoms. The summed E-state index contributed by atoms with van der Waals surface area (Å²) < 4.78 is 6.41. The van der Waals surface area contributed by atoms with Crippen molar-refractivity contribution in [2.45, 2.75) is 6.42 Å². The zero-order valence-electron chi connectivity index (χ0n) is 7.87. The van der Waals surface area contributed by atoms with E-state index in [1.807, 2.05) is 18.2 Å². The second-order valence-corrected chi connectivity index (χ2v) is 4.28. The van der Waals surface area contributed by atoms with Crippen molar-refractivity contribution < 1.29 is 4.74 Å². The predicted octanol–water partition coefficient (Wildman–Crippen LogP) is 1.83. The molecule has 0 aromatic carbocycles. The molecule has 2 rings (SSSR count). The van der Waals surface area contributed by atoms with E-state index < -0.39 is 0 Å². The number of aromatic nitrogens is 1. The molecule has 1 N–H and O–H groups in total. The Kier molecular flexibility index (Phi) is 3.37. The normalized spacial score (nSPS) is 21.1. The minimum absolute atomic E-state index is 0.635. The molecule has 1 aromatic rings. The summed E-state index contributed by atoms with van der Waals surface area (Å²) in [5.74, 6) is 1.34. The van der Waals surface area contributed by atoms with Gasteiger partial charge in [-0.3, -0.25) is 0 Å². The van der Waals surface area contributed by atoms with Gasteiger partial charge in [-0.15, -0.1) is 0 Å².